The summed E-state index contributed by atoms with van der Waals surface area (Å²) in [5, 5.41) is 3.05. The molecule has 2 rings (SSSR count). The average Bonchev–Trinajstić information content (AvgIpc) is 2.83. The maximum absolute atomic E-state index is 6.02. The minimum Gasteiger partial charge on any atom is -0.486 e. The highest BCUT2D eigenvalue weighted by molar-refractivity contribution is 7.09. The third kappa shape index (κ3) is 4.04. The predicted octanol–water partition coefficient (Wildman–Crippen LogP) is 3.31. The number of rotatable bonds is 6. The van der Waals surface area contributed by atoms with Gasteiger partial charge in [0.1, 0.15) is 17.4 Å². The van der Waals surface area contributed by atoms with Crippen LogP contribution in [0.15, 0.2) is 29.6 Å². The fourth-order valence-corrected chi connectivity index (χ4v) is 2.53. The molecule has 0 aliphatic heterocycles. The van der Waals surface area contributed by atoms with Crippen LogP contribution in [-0.2, 0) is 13.0 Å². The average molecular weight is 276 g/mol. The molecule has 0 amide bonds. The lowest BCUT2D eigenvalue weighted by atomic mass is 10.0. The van der Waals surface area contributed by atoms with Crippen LogP contribution in [-0.4, -0.2) is 11.0 Å². The molecule has 0 aliphatic rings. The van der Waals surface area contributed by atoms with Crippen LogP contribution in [0.1, 0.15) is 29.6 Å². The Morgan fingerprint density at radius 2 is 2.16 bits per heavy atom. The first-order valence-corrected chi connectivity index (χ1v) is 7.44. The van der Waals surface area contributed by atoms with Crippen molar-refractivity contribution in [3.63, 3.8) is 0 Å². The topological polar surface area (TPSA) is 48.1 Å². The van der Waals surface area contributed by atoms with Crippen molar-refractivity contribution in [3.8, 4) is 5.75 Å². The molecule has 0 saturated heterocycles. The van der Waals surface area contributed by atoms with Crippen molar-refractivity contribution in [1.82, 2.24) is 4.98 Å². The van der Waals surface area contributed by atoms with E-state index in [1.54, 1.807) is 11.3 Å². The fourth-order valence-electron chi connectivity index (χ4n) is 1.85. The molecule has 1 heterocycles. The first-order valence-electron chi connectivity index (χ1n) is 6.56. The molecule has 2 N–H and O–H groups in total. The Morgan fingerprint density at radius 1 is 1.37 bits per heavy atom. The van der Waals surface area contributed by atoms with Gasteiger partial charge < -0.3 is 10.5 Å². The highest BCUT2D eigenvalue weighted by Crippen LogP contribution is 2.21. The van der Waals surface area contributed by atoms with Crippen LogP contribution in [0, 0.1) is 6.92 Å². The molecular formula is C15H20N2OS. The summed E-state index contributed by atoms with van der Waals surface area (Å²) >= 11 is 1.63. The summed E-state index contributed by atoms with van der Waals surface area (Å²) < 4.78 is 5.87. The van der Waals surface area contributed by atoms with Crippen LogP contribution in [0.4, 0.5) is 0 Å². The Labute approximate surface area is 118 Å². The molecule has 1 unspecified atom stereocenters. The third-order valence-corrected chi connectivity index (χ3v) is 3.94. The molecule has 0 bridgehead atoms. The maximum atomic E-state index is 6.02. The van der Waals surface area contributed by atoms with Gasteiger partial charge in [-0.1, -0.05) is 25.1 Å². The van der Waals surface area contributed by atoms with Gasteiger partial charge in [-0.2, -0.15) is 0 Å². The highest BCUT2D eigenvalue weighted by Gasteiger charge is 2.08. The Hall–Kier alpha value is -1.39. The number of aromatic nitrogens is 1. The first-order chi connectivity index (χ1) is 9.19. The standard InChI is InChI=1S/C15H20N2OS/c1-3-13(16)8-12-6-4-5-7-14(12)18-9-15-17-11(2)10-19-15/h4-7,10,13H,3,8-9,16H2,1-2H3. The van der Waals surface area contributed by atoms with Crippen molar-refractivity contribution in [3.05, 3.63) is 45.9 Å². The van der Waals surface area contributed by atoms with Gasteiger partial charge in [0.15, 0.2) is 0 Å². The van der Waals surface area contributed by atoms with Crippen LogP contribution in [0.2, 0.25) is 0 Å². The van der Waals surface area contributed by atoms with Gasteiger partial charge in [0, 0.05) is 17.1 Å². The maximum Gasteiger partial charge on any atom is 0.140 e. The van der Waals surface area contributed by atoms with Crippen LogP contribution in [0.25, 0.3) is 0 Å². The van der Waals surface area contributed by atoms with Crippen molar-refractivity contribution in [2.24, 2.45) is 5.73 Å². The number of para-hydroxylation sites is 1. The minimum absolute atomic E-state index is 0.187. The lowest BCUT2D eigenvalue weighted by molar-refractivity contribution is 0.301. The normalized spacial score (nSPS) is 12.4. The predicted molar refractivity (Wildman–Crippen MR) is 79.6 cm³/mol. The van der Waals surface area contributed by atoms with Gasteiger partial charge in [-0.15, -0.1) is 11.3 Å². The largest absolute Gasteiger partial charge is 0.486 e. The molecule has 102 valence electrons. The number of thiazole rings is 1. The van der Waals surface area contributed by atoms with Gasteiger partial charge in [-0.25, -0.2) is 4.98 Å². The second-order valence-corrected chi connectivity index (χ2v) is 5.59. The van der Waals surface area contributed by atoms with Crippen molar-refractivity contribution in [2.45, 2.75) is 39.3 Å². The van der Waals surface area contributed by atoms with Crippen LogP contribution < -0.4 is 10.5 Å². The number of hydrogen-bond donors (Lipinski definition) is 1. The van der Waals surface area contributed by atoms with E-state index in [0.717, 1.165) is 29.3 Å². The summed E-state index contributed by atoms with van der Waals surface area (Å²) in [5.74, 6) is 0.916. The molecule has 19 heavy (non-hydrogen) atoms. The minimum atomic E-state index is 0.187. The number of hydrogen-bond acceptors (Lipinski definition) is 4. The Balaban J connectivity index is 2.03. The van der Waals surface area contributed by atoms with Crippen LogP contribution in [0.5, 0.6) is 5.75 Å². The van der Waals surface area contributed by atoms with E-state index < -0.39 is 0 Å². The number of ether oxygens (including phenoxy) is 1. The van der Waals surface area contributed by atoms with Gasteiger partial charge in [0.25, 0.3) is 0 Å². The van der Waals surface area contributed by atoms with E-state index >= 15 is 0 Å². The summed E-state index contributed by atoms with van der Waals surface area (Å²) in [4.78, 5) is 4.40. The molecule has 1 atom stereocenters. The van der Waals surface area contributed by atoms with Crippen LogP contribution >= 0.6 is 11.3 Å². The van der Waals surface area contributed by atoms with Crippen molar-refractivity contribution >= 4 is 11.3 Å². The number of nitrogens with zero attached hydrogens (tertiary/aromatic N) is 1. The molecule has 1 aromatic heterocycles. The van der Waals surface area contributed by atoms with E-state index in [0.29, 0.717) is 6.61 Å². The number of aryl methyl sites for hydroxylation is 1. The summed E-state index contributed by atoms with van der Waals surface area (Å²) in [5.41, 5.74) is 8.24. The Morgan fingerprint density at radius 3 is 2.84 bits per heavy atom. The molecule has 0 fully saturated rings. The molecule has 4 heteroatoms. The summed E-state index contributed by atoms with van der Waals surface area (Å²) in [6.07, 6.45) is 1.82. The van der Waals surface area contributed by atoms with E-state index in [1.807, 2.05) is 30.5 Å². The monoisotopic (exact) mass is 276 g/mol. The molecule has 3 nitrogen and oxygen atoms in total. The summed E-state index contributed by atoms with van der Waals surface area (Å²) in [6.45, 7) is 4.62. The Bertz CT molecular complexity index is 524. The lowest BCUT2D eigenvalue weighted by Crippen LogP contribution is -2.21. The second-order valence-electron chi connectivity index (χ2n) is 4.65. The fraction of sp³-hybridized carbons (Fsp3) is 0.400. The van der Waals surface area contributed by atoms with Gasteiger partial charge in [-0.05, 0) is 31.4 Å². The molecule has 0 spiro atoms. The summed E-state index contributed by atoms with van der Waals surface area (Å²) in [6, 6.07) is 8.28. The smallest absolute Gasteiger partial charge is 0.140 e. The van der Waals surface area contributed by atoms with Gasteiger partial charge >= 0.3 is 0 Å². The summed E-state index contributed by atoms with van der Waals surface area (Å²) in [7, 11) is 0. The van der Waals surface area contributed by atoms with E-state index in [4.69, 9.17) is 10.5 Å². The molecule has 0 saturated carbocycles. The Kier molecular flexibility index (Phi) is 4.93. The van der Waals surface area contributed by atoms with Gasteiger partial charge in [-0.3, -0.25) is 0 Å². The van der Waals surface area contributed by atoms with Crippen molar-refractivity contribution in [1.29, 1.82) is 0 Å². The zero-order valence-corrected chi connectivity index (χ0v) is 12.2. The molecular weight excluding hydrogens is 256 g/mol. The van der Waals surface area contributed by atoms with Crippen LogP contribution in [0.3, 0.4) is 0 Å². The second kappa shape index (κ2) is 6.68. The number of benzene rings is 1. The van der Waals surface area contributed by atoms with E-state index in [1.165, 1.54) is 5.56 Å². The first kappa shape index (κ1) is 14.0. The van der Waals surface area contributed by atoms with Crippen molar-refractivity contribution in [2.75, 3.05) is 0 Å². The van der Waals surface area contributed by atoms with Gasteiger partial charge in [0.05, 0.1) is 0 Å². The van der Waals surface area contributed by atoms with Gasteiger partial charge in [0.2, 0.25) is 0 Å². The zero-order chi connectivity index (χ0) is 13.7. The third-order valence-electron chi connectivity index (χ3n) is 3.00. The van der Waals surface area contributed by atoms with E-state index in [-0.39, 0.29) is 6.04 Å². The zero-order valence-electron chi connectivity index (χ0n) is 11.4. The molecule has 1 aromatic carbocycles. The van der Waals surface area contributed by atoms with E-state index in [2.05, 4.69) is 18.0 Å². The molecule has 0 aliphatic carbocycles. The lowest BCUT2D eigenvalue weighted by Gasteiger charge is -2.13. The quantitative estimate of drug-likeness (QED) is 0.880. The molecule has 0 radical (unpaired) electrons. The highest BCUT2D eigenvalue weighted by atomic mass is 32.1. The SMILES string of the molecule is CCC(N)Cc1ccccc1OCc1nc(C)cs1. The van der Waals surface area contributed by atoms with E-state index in [9.17, 15) is 0 Å². The number of nitrogens with two attached hydrogens (primary N) is 1. The molecule has 2 aromatic rings. The van der Waals surface area contributed by atoms with Crippen molar-refractivity contribution < 1.29 is 4.74 Å².